The minimum Gasteiger partial charge on any atom is -0.478 e. The zero-order chi connectivity index (χ0) is 13.8. The normalized spacial score (nSPS) is 11.3. The Morgan fingerprint density at radius 3 is 2.58 bits per heavy atom. The number of hydrogen-bond acceptors (Lipinski definition) is 2. The summed E-state index contributed by atoms with van der Waals surface area (Å²) in [5, 5.41) is 17.4. The van der Waals surface area contributed by atoms with E-state index in [4.69, 9.17) is 5.11 Å². The minimum absolute atomic E-state index is 0.321. The van der Waals surface area contributed by atoms with Gasteiger partial charge >= 0.3 is 5.97 Å². The summed E-state index contributed by atoms with van der Waals surface area (Å²) in [4.78, 5) is 11.1. The lowest BCUT2D eigenvalue weighted by atomic mass is 9.92. The van der Waals surface area contributed by atoms with E-state index in [2.05, 4.69) is 24.0 Å². The van der Waals surface area contributed by atoms with Crippen LogP contribution in [-0.4, -0.2) is 21.3 Å². The Morgan fingerprint density at radius 1 is 1.32 bits per heavy atom. The SMILES string of the molecule is CCCC(CCC)c1[nH]nc2ccc(C(=O)O)cc12. The van der Waals surface area contributed by atoms with E-state index >= 15 is 0 Å². The molecule has 2 N–H and O–H groups in total. The average molecular weight is 260 g/mol. The first-order valence-electron chi connectivity index (χ1n) is 6.88. The summed E-state index contributed by atoms with van der Waals surface area (Å²) in [7, 11) is 0. The summed E-state index contributed by atoms with van der Waals surface area (Å²) in [6.07, 6.45) is 4.43. The topological polar surface area (TPSA) is 66.0 Å². The molecule has 1 aromatic carbocycles. The molecule has 1 aromatic heterocycles. The summed E-state index contributed by atoms with van der Waals surface area (Å²) >= 11 is 0. The number of H-pyrrole nitrogens is 1. The first-order valence-corrected chi connectivity index (χ1v) is 6.88. The van der Waals surface area contributed by atoms with E-state index in [1.807, 2.05) is 0 Å². The maximum absolute atomic E-state index is 11.1. The molecule has 2 rings (SSSR count). The summed E-state index contributed by atoms with van der Waals surface area (Å²) in [5.41, 5.74) is 2.25. The van der Waals surface area contributed by atoms with Gasteiger partial charge in [0.2, 0.25) is 0 Å². The molecular formula is C15H20N2O2. The van der Waals surface area contributed by atoms with Crippen molar-refractivity contribution >= 4 is 16.9 Å². The molecule has 0 bridgehead atoms. The van der Waals surface area contributed by atoms with E-state index < -0.39 is 5.97 Å². The molecule has 0 atom stereocenters. The fraction of sp³-hybridized carbons (Fsp3) is 0.467. The number of carboxylic acid groups (broad SMARTS) is 1. The van der Waals surface area contributed by atoms with E-state index in [-0.39, 0.29) is 0 Å². The Bertz CT molecular complexity index is 569. The van der Waals surface area contributed by atoms with Gasteiger partial charge in [-0.05, 0) is 31.0 Å². The highest BCUT2D eigenvalue weighted by molar-refractivity contribution is 5.94. The summed E-state index contributed by atoms with van der Waals surface area (Å²) < 4.78 is 0. The zero-order valence-corrected chi connectivity index (χ0v) is 11.4. The molecule has 4 nitrogen and oxygen atoms in total. The number of benzene rings is 1. The van der Waals surface area contributed by atoms with Crippen LogP contribution in [0.25, 0.3) is 10.9 Å². The van der Waals surface area contributed by atoms with Gasteiger partial charge in [-0.25, -0.2) is 4.79 Å². The Balaban J connectivity index is 2.46. The quantitative estimate of drug-likeness (QED) is 0.826. The molecule has 0 aliphatic rings. The van der Waals surface area contributed by atoms with Crippen molar-refractivity contribution in [1.29, 1.82) is 0 Å². The van der Waals surface area contributed by atoms with Crippen molar-refractivity contribution in [1.82, 2.24) is 10.2 Å². The molecule has 0 radical (unpaired) electrons. The number of aromatic carboxylic acids is 1. The number of nitrogens with zero attached hydrogens (tertiary/aromatic N) is 1. The lowest BCUT2D eigenvalue weighted by molar-refractivity contribution is 0.0697. The van der Waals surface area contributed by atoms with Gasteiger partial charge in [0.25, 0.3) is 0 Å². The fourth-order valence-electron chi connectivity index (χ4n) is 2.60. The van der Waals surface area contributed by atoms with Crippen molar-refractivity contribution in [2.45, 2.75) is 45.4 Å². The number of aromatic nitrogens is 2. The third-order valence-electron chi connectivity index (χ3n) is 3.51. The monoisotopic (exact) mass is 260 g/mol. The summed E-state index contributed by atoms with van der Waals surface area (Å²) in [6.45, 7) is 4.34. The molecule has 0 aliphatic heterocycles. The third kappa shape index (κ3) is 2.78. The zero-order valence-electron chi connectivity index (χ0n) is 11.4. The van der Waals surface area contributed by atoms with E-state index in [0.717, 1.165) is 42.3 Å². The van der Waals surface area contributed by atoms with Gasteiger partial charge in [0.05, 0.1) is 11.1 Å². The van der Waals surface area contributed by atoms with Crippen LogP contribution in [0.1, 0.15) is 61.5 Å². The highest BCUT2D eigenvalue weighted by Crippen LogP contribution is 2.30. The average Bonchev–Trinajstić information content (AvgIpc) is 2.81. The van der Waals surface area contributed by atoms with Crippen LogP contribution in [0.15, 0.2) is 18.2 Å². The summed E-state index contributed by atoms with van der Waals surface area (Å²) in [6, 6.07) is 5.10. The molecule has 0 spiro atoms. The van der Waals surface area contributed by atoms with Crippen LogP contribution < -0.4 is 0 Å². The van der Waals surface area contributed by atoms with Gasteiger partial charge in [0.15, 0.2) is 0 Å². The van der Waals surface area contributed by atoms with Gasteiger partial charge in [-0.3, -0.25) is 5.10 Å². The van der Waals surface area contributed by atoms with E-state index in [0.29, 0.717) is 11.5 Å². The smallest absolute Gasteiger partial charge is 0.335 e. The number of rotatable bonds is 6. The number of carbonyl (C=O) groups is 1. The van der Waals surface area contributed by atoms with Crippen molar-refractivity contribution in [3.05, 3.63) is 29.5 Å². The number of hydrogen-bond donors (Lipinski definition) is 2. The Morgan fingerprint density at radius 2 is 2.00 bits per heavy atom. The van der Waals surface area contributed by atoms with E-state index in [9.17, 15) is 4.79 Å². The van der Waals surface area contributed by atoms with Gasteiger partial charge in [0, 0.05) is 17.0 Å². The predicted octanol–water partition coefficient (Wildman–Crippen LogP) is 3.94. The second kappa shape index (κ2) is 5.87. The number of fused-ring (bicyclic) bond motifs is 1. The predicted molar refractivity (Wildman–Crippen MR) is 75.6 cm³/mol. The molecule has 0 aliphatic carbocycles. The Kier molecular flexibility index (Phi) is 4.20. The lowest BCUT2D eigenvalue weighted by Crippen LogP contribution is -2.00. The second-order valence-corrected chi connectivity index (χ2v) is 4.95. The van der Waals surface area contributed by atoms with Gasteiger partial charge in [-0.1, -0.05) is 26.7 Å². The molecule has 0 saturated carbocycles. The highest BCUT2D eigenvalue weighted by atomic mass is 16.4. The number of aromatic amines is 1. The largest absolute Gasteiger partial charge is 0.478 e. The maximum Gasteiger partial charge on any atom is 0.335 e. The fourth-order valence-corrected chi connectivity index (χ4v) is 2.60. The first-order chi connectivity index (χ1) is 9.17. The molecule has 0 saturated heterocycles. The van der Waals surface area contributed by atoms with Gasteiger partial charge in [-0.2, -0.15) is 5.10 Å². The highest BCUT2D eigenvalue weighted by Gasteiger charge is 2.17. The van der Waals surface area contributed by atoms with Gasteiger partial charge < -0.3 is 5.11 Å². The maximum atomic E-state index is 11.1. The van der Waals surface area contributed by atoms with Gasteiger partial charge in [-0.15, -0.1) is 0 Å². The van der Waals surface area contributed by atoms with Crippen LogP contribution in [0.2, 0.25) is 0 Å². The number of nitrogens with one attached hydrogen (secondary N) is 1. The minimum atomic E-state index is -0.892. The van der Waals surface area contributed by atoms with Crippen LogP contribution in [0, 0.1) is 0 Å². The third-order valence-corrected chi connectivity index (χ3v) is 3.51. The summed E-state index contributed by atoms with van der Waals surface area (Å²) in [5.74, 6) is -0.458. The Hall–Kier alpha value is -1.84. The molecule has 0 fully saturated rings. The molecule has 102 valence electrons. The first kappa shape index (κ1) is 13.6. The second-order valence-electron chi connectivity index (χ2n) is 4.95. The van der Waals surface area contributed by atoms with Crippen LogP contribution >= 0.6 is 0 Å². The number of carboxylic acids is 1. The Labute approximate surface area is 112 Å². The van der Waals surface area contributed by atoms with Crippen molar-refractivity contribution in [2.75, 3.05) is 0 Å². The van der Waals surface area contributed by atoms with Crippen LogP contribution in [0.5, 0.6) is 0 Å². The molecule has 4 heteroatoms. The standard InChI is InChI=1S/C15H20N2O2/c1-3-5-10(6-4-2)14-12-9-11(15(18)19)7-8-13(12)16-17-14/h7-10H,3-6H2,1-2H3,(H,16,17)(H,18,19). The lowest BCUT2D eigenvalue weighted by Gasteiger charge is -2.13. The van der Waals surface area contributed by atoms with E-state index in [1.165, 1.54) is 0 Å². The molecule has 19 heavy (non-hydrogen) atoms. The van der Waals surface area contributed by atoms with Gasteiger partial charge in [0.1, 0.15) is 0 Å². The molecule has 0 amide bonds. The molecular weight excluding hydrogens is 240 g/mol. The van der Waals surface area contributed by atoms with Crippen LogP contribution in [0.3, 0.4) is 0 Å². The van der Waals surface area contributed by atoms with Crippen molar-refractivity contribution in [3.8, 4) is 0 Å². The van der Waals surface area contributed by atoms with E-state index in [1.54, 1.807) is 18.2 Å². The molecule has 2 aromatic rings. The molecule has 1 heterocycles. The van der Waals surface area contributed by atoms with Crippen molar-refractivity contribution in [3.63, 3.8) is 0 Å². The van der Waals surface area contributed by atoms with Crippen LogP contribution in [0.4, 0.5) is 0 Å². The van der Waals surface area contributed by atoms with Crippen molar-refractivity contribution in [2.24, 2.45) is 0 Å². The van der Waals surface area contributed by atoms with Crippen molar-refractivity contribution < 1.29 is 9.90 Å². The van der Waals surface area contributed by atoms with Crippen LogP contribution in [-0.2, 0) is 0 Å². The molecule has 0 unspecified atom stereocenters.